The molecule has 0 saturated carbocycles. The Labute approximate surface area is 96.5 Å². The van der Waals surface area contributed by atoms with Crippen LogP contribution >= 0.6 is 0 Å². The van der Waals surface area contributed by atoms with Gasteiger partial charge in [0.05, 0.1) is 7.11 Å². The fourth-order valence-electron chi connectivity index (χ4n) is 1.32. The Bertz CT molecular complexity index is 429. The summed E-state index contributed by atoms with van der Waals surface area (Å²) >= 11 is 0. The van der Waals surface area contributed by atoms with Crippen LogP contribution in [0, 0.1) is 0 Å². The van der Waals surface area contributed by atoms with E-state index in [1.54, 1.807) is 0 Å². The number of ether oxygens (including phenoxy) is 1. The third-order valence-electron chi connectivity index (χ3n) is 2.51. The molecule has 0 aliphatic rings. The van der Waals surface area contributed by atoms with Crippen molar-refractivity contribution in [1.82, 2.24) is 0 Å². The number of aliphatic hydroxyl groups is 1. The van der Waals surface area contributed by atoms with Crippen LogP contribution in [0.1, 0.15) is 12.5 Å². The summed E-state index contributed by atoms with van der Waals surface area (Å²) in [6.45, 7) is 0.746. The summed E-state index contributed by atoms with van der Waals surface area (Å²) in [5.74, 6) is -6.42. The summed E-state index contributed by atoms with van der Waals surface area (Å²) in [4.78, 5) is 10.5. The number of carboxylic acids is 1. The second-order valence-electron chi connectivity index (χ2n) is 3.68. The highest BCUT2D eigenvalue weighted by molar-refractivity contribution is 5.77. The number of hydrogen-bond acceptors (Lipinski definition) is 3. The minimum Gasteiger partial charge on any atom is -0.497 e. The molecule has 1 atom stereocenters. The van der Waals surface area contributed by atoms with Gasteiger partial charge in [0.2, 0.25) is 0 Å². The highest BCUT2D eigenvalue weighted by atomic mass is 19.3. The standard InChI is InChI=1S/C11H12F2O4/c1-10(16,11(12,13)9(14)15)7-4-3-5-8(6-7)17-2/h3-6,16H,1-2H3,(H,14,15). The molecule has 2 N–H and O–H groups in total. The van der Waals surface area contributed by atoms with Crippen LogP contribution in [0.5, 0.6) is 5.75 Å². The first-order chi connectivity index (χ1) is 7.73. The molecule has 0 amide bonds. The van der Waals surface area contributed by atoms with Crippen LogP contribution in [-0.2, 0) is 10.4 Å². The Balaban J connectivity index is 3.25. The molecule has 0 spiro atoms. The van der Waals surface area contributed by atoms with Gasteiger partial charge in [0.15, 0.2) is 5.60 Å². The predicted molar refractivity (Wildman–Crippen MR) is 55.1 cm³/mol. The lowest BCUT2D eigenvalue weighted by atomic mass is 9.89. The van der Waals surface area contributed by atoms with Crippen molar-refractivity contribution in [3.05, 3.63) is 29.8 Å². The Morgan fingerprint density at radius 1 is 1.41 bits per heavy atom. The molecule has 0 fully saturated rings. The Morgan fingerprint density at radius 2 is 2.00 bits per heavy atom. The Morgan fingerprint density at radius 3 is 2.47 bits per heavy atom. The maximum atomic E-state index is 13.4. The van der Waals surface area contributed by atoms with Gasteiger partial charge in [-0.15, -0.1) is 0 Å². The van der Waals surface area contributed by atoms with Gasteiger partial charge in [-0.2, -0.15) is 8.78 Å². The first-order valence-corrected chi connectivity index (χ1v) is 4.71. The number of hydrogen-bond donors (Lipinski definition) is 2. The zero-order chi connectivity index (χ0) is 13.3. The van der Waals surface area contributed by atoms with Gasteiger partial charge in [-0.05, 0) is 24.6 Å². The van der Waals surface area contributed by atoms with Crippen molar-refractivity contribution in [2.75, 3.05) is 7.11 Å². The van der Waals surface area contributed by atoms with Gasteiger partial charge in [0.25, 0.3) is 0 Å². The largest absolute Gasteiger partial charge is 0.497 e. The van der Waals surface area contributed by atoms with Crippen molar-refractivity contribution in [3.8, 4) is 5.75 Å². The van der Waals surface area contributed by atoms with Crippen LogP contribution in [-0.4, -0.2) is 29.2 Å². The Hall–Kier alpha value is -1.69. The highest BCUT2D eigenvalue weighted by Crippen LogP contribution is 2.38. The highest BCUT2D eigenvalue weighted by Gasteiger charge is 2.57. The number of halogens is 2. The zero-order valence-electron chi connectivity index (χ0n) is 9.28. The van der Waals surface area contributed by atoms with E-state index in [4.69, 9.17) is 9.84 Å². The SMILES string of the molecule is COc1cccc(C(C)(O)C(F)(F)C(=O)O)c1. The molecule has 0 radical (unpaired) electrons. The van der Waals surface area contributed by atoms with Crippen LogP contribution in [0.2, 0.25) is 0 Å². The molecule has 0 aliphatic heterocycles. The maximum Gasteiger partial charge on any atom is 0.378 e. The van der Waals surface area contributed by atoms with Crippen LogP contribution in [0.3, 0.4) is 0 Å². The second kappa shape index (κ2) is 4.29. The van der Waals surface area contributed by atoms with E-state index >= 15 is 0 Å². The first kappa shape index (κ1) is 13.4. The van der Waals surface area contributed by atoms with Crippen LogP contribution in [0.25, 0.3) is 0 Å². The van der Waals surface area contributed by atoms with E-state index < -0.39 is 17.5 Å². The molecule has 1 aromatic rings. The number of carboxylic acid groups (broad SMARTS) is 1. The Kier molecular flexibility index (Phi) is 3.38. The maximum absolute atomic E-state index is 13.4. The van der Waals surface area contributed by atoms with Crippen molar-refractivity contribution >= 4 is 5.97 Å². The summed E-state index contributed by atoms with van der Waals surface area (Å²) in [5.41, 5.74) is -3.04. The molecule has 0 heterocycles. The molecule has 0 aromatic heterocycles. The van der Waals surface area contributed by atoms with E-state index in [-0.39, 0.29) is 11.3 Å². The molecule has 6 heteroatoms. The number of alkyl halides is 2. The van der Waals surface area contributed by atoms with Crippen molar-refractivity contribution in [2.24, 2.45) is 0 Å². The summed E-state index contributed by atoms with van der Waals surface area (Å²) in [6, 6.07) is 5.26. The average molecular weight is 246 g/mol. The van der Waals surface area contributed by atoms with Gasteiger partial charge in [-0.1, -0.05) is 12.1 Å². The van der Waals surface area contributed by atoms with Crippen molar-refractivity contribution in [1.29, 1.82) is 0 Å². The minimum atomic E-state index is -4.29. The van der Waals surface area contributed by atoms with E-state index in [1.807, 2.05) is 0 Å². The molecule has 1 aromatic carbocycles. The van der Waals surface area contributed by atoms with E-state index in [9.17, 15) is 18.7 Å². The summed E-state index contributed by atoms with van der Waals surface area (Å²) < 4.78 is 31.5. The van der Waals surface area contributed by atoms with Crippen molar-refractivity contribution in [2.45, 2.75) is 18.4 Å². The quantitative estimate of drug-likeness (QED) is 0.847. The third kappa shape index (κ3) is 2.21. The summed E-state index contributed by atoms with van der Waals surface area (Å²) in [7, 11) is 1.34. The van der Waals surface area contributed by atoms with Crippen LogP contribution < -0.4 is 4.74 Å². The average Bonchev–Trinajstić information content (AvgIpc) is 2.28. The second-order valence-corrected chi connectivity index (χ2v) is 3.68. The fraction of sp³-hybridized carbons (Fsp3) is 0.364. The number of carbonyl (C=O) groups is 1. The molecule has 0 aliphatic carbocycles. The van der Waals surface area contributed by atoms with Gasteiger partial charge in [0.1, 0.15) is 5.75 Å². The van der Waals surface area contributed by atoms with E-state index in [1.165, 1.54) is 25.3 Å². The van der Waals surface area contributed by atoms with Crippen LogP contribution in [0.4, 0.5) is 8.78 Å². The molecule has 0 bridgehead atoms. The lowest BCUT2D eigenvalue weighted by Gasteiger charge is -2.29. The fourth-order valence-corrected chi connectivity index (χ4v) is 1.32. The number of benzene rings is 1. The molecule has 17 heavy (non-hydrogen) atoms. The zero-order valence-corrected chi connectivity index (χ0v) is 9.28. The van der Waals surface area contributed by atoms with Gasteiger partial charge in [-0.3, -0.25) is 0 Å². The first-order valence-electron chi connectivity index (χ1n) is 4.71. The van der Waals surface area contributed by atoms with Gasteiger partial charge in [0, 0.05) is 0 Å². The molecular formula is C11H12F2O4. The molecular weight excluding hydrogens is 234 g/mol. The lowest BCUT2D eigenvalue weighted by molar-refractivity contribution is -0.207. The molecule has 1 unspecified atom stereocenters. The number of aliphatic carboxylic acids is 1. The molecule has 94 valence electrons. The summed E-state index contributed by atoms with van der Waals surface area (Å²) in [5, 5.41) is 18.1. The molecule has 1 rings (SSSR count). The lowest BCUT2D eigenvalue weighted by Crippen LogP contribution is -2.48. The normalized spacial score (nSPS) is 15.1. The monoisotopic (exact) mass is 246 g/mol. The van der Waals surface area contributed by atoms with Gasteiger partial charge in [-0.25, -0.2) is 4.79 Å². The van der Waals surface area contributed by atoms with Crippen molar-refractivity contribution < 1.29 is 28.5 Å². The molecule has 4 nitrogen and oxygen atoms in total. The van der Waals surface area contributed by atoms with Gasteiger partial charge < -0.3 is 14.9 Å². The van der Waals surface area contributed by atoms with E-state index in [2.05, 4.69) is 0 Å². The third-order valence-corrected chi connectivity index (χ3v) is 2.51. The smallest absolute Gasteiger partial charge is 0.378 e. The van der Waals surface area contributed by atoms with E-state index in [0.717, 1.165) is 13.0 Å². The van der Waals surface area contributed by atoms with Gasteiger partial charge >= 0.3 is 11.9 Å². The topological polar surface area (TPSA) is 66.8 Å². The number of rotatable bonds is 4. The van der Waals surface area contributed by atoms with Crippen molar-refractivity contribution in [3.63, 3.8) is 0 Å². The predicted octanol–water partition coefficient (Wildman–Crippen LogP) is 1.62. The minimum absolute atomic E-state index is 0.232. The molecule has 0 saturated heterocycles. The van der Waals surface area contributed by atoms with Crippen LogP contribution in [0.15, 0.2) is 24.3 Å². The number of methoxy groups -OCH3 is 1. The summed E-state index contributed by atoms with van der Waals surface area (Å²) in [6.07, 6.45) is 0. The van der Waals surface area contributed by atoms with E-state index in [0.29, 0.717) is 0 Å².